The van der Waals surface area contributed by atoms with Gasteiger partial charge in [0, 0.05) is 30.3 Å². The average Bonchev–Trinajstić information content (AvgIpc) is 2.99. The molecule has 1 fully saturated rings. The molecule has 1 aliphatic heterocycles. The summed E-state index contributed by atoms with van der Waals surface area (Å²) in [7, 11) is 0. The Balaban J connectivity index is 1.52. The van der Waals surface area contributed by atoms with Crippen LogP contribution in [-0.2, 0) is 15.7 Å². The fraction of sp³-hybridized carbons (Fsp3) is 0.214. The van der Waals surface area contributed by atoms with E-state index >= 15 is 0 Å². The lowest BCUT2D eigenvalue weighted by Crippen LogP contribution is -2.43. The summed E-state index contributed by atoms with van der Waals surface area (Å²) in [6.45, 7) is 1.09. The minimum absolute atomic E-state index is 0.0179. The molecule has 0 saturated carbocycles. The number of alkyl halides is 3. The van der Waals surface area contributed by atoms with Crippen molar-refractivity contribution in [1.29, 1.82) is 0 Å². The molecule has 0 atom stereocenters. The van der Waals surface area contributed by atoms with E-state index in [-0.39, 0.29) is 44.0 Å². The van der Waals surface area contributed by atoms with Crippen LogP contribution in [0.2, 0.25) is 0 Å². The van der Waals surface area contributed by atoms with Crippen LogP contribution in [0.5, 0.6) is 5.75 Å². The van der Waals surface area contributed by atoms with Gasteiger partial charge in [-0.2, -0.15) is 22.9 Å². The van der Waals surface area contributed by atoms with Gasteiger partial charge in [0.1, 0.15) is 0 Å². The van der Waals surface area contributed by atoms with Crippen molar-refractivity contribution in [3.05, 3.63) is 96.7 Å². The maximum atomic E-state index is 13.4. The molecule has 1 saturated heterocycles. The van der Waals surface area contributed by atoms with Crippen LogP contribution in [-0.4, -0.2) is 64.5 Å². The second kappa shape index (κ2) is 12.3. The van der Waals surface area contributed by atoms with Crippen LogP contribution in [0, 0.1) is 10.1 Å². The predicted molar refractivity (Wildman–Crippen MR) is 153 cm³/mol. The number of ether oxygens (including phenoxy) is 2. The molecule has 2 heterocycles. The Labute approximate surface area is 249 Å². The molecule has 0 spiro atoms. The van der Waals surface area contributed by atoms with Gasteiger partial charge in [-0.15, -0.1) is 0 Å². The van der Waals surface area contributed by atoms with E-state index in [1.807, 2.05) is 0 Å². The fourth-order valence-corrected chi connectivity index (χ4v) is 4.95. The fourth-order valence-electron chi connectivity index (χ4n) is 4.37. The highest BCUT2D eigenvalue weighted by molar-refractivity contribution is 9.10. The normalized spacial score (nSPS) is 13.9. The summed E-state index contributed by atoms with van der Waals surface area (Å²) in [5.74, 6) is -0.709. The third-order valence-corrected chi connectivity index (χ3v) is 7.06. The molecule has 1 aromatic heterocycles. The summed E-state index contributed by atoms with van der Waals surface area (Å²) in [5, 5.41) is 16.2. The molecule has 0 N–H and O–H groups in total. The number of carbonyl (C=O) groups excluding carboxylic acids is 1. The molecular weight excluding hydrogens is 639 g/mol. The van der Waals surface area contributed by atoms with Crippen LogP contribution in [0.1, 0.15) is 11.1 Å². The van der Waals surface area contributed by atoms with E-state index in [9.17, 15) is 32.9 Å². The summed E-state index contributed by atoms with van der Waals surface area (Å²) in [4.78, 5) is 43.0. The third-order valence-electron chi connectivity index (χ3n) is 6.47. The van der Waals surface area contributed by atoms with Crippen LogP contribution < -0.4 is 10.3 Å². The molecule has 5 rings (SSSR count). The number of fused-ring (bicyclic) bond motifs is 1. The first-order valence-electron chi connectivity index (χ1n) is 12.7. The highest BCUT2D eigenvalue weighted by Gasteiger charge is 2.31. The van der Waals surface area contributed by atoms with E-state index in [0.29, 0.717) is 26.3 Å². The van der Waals surface area contributed by atoms with Crippen molar-refractivity contribution >= 4 is 44.6 Å². The number of carbonyl (C=O) groups is 1. The van der Waals surface area contributed by atoms with E-state index in [0.717, 1.165) is 29.1 Å². The highest BCUT2D eigenvalue weighted by Crippen LogP contribution is 2.36. The molecule has 4 aromatic rings. The number of morpholine rings is 1. The Morgan fingerprint density at radius 1 is 1.14 bits per heavy atom. The van der Waals surface area contributed by atoms with Crippen molar-refractivity contribution in [3.8, 4) is 17.1 Å². The number of para-hydroxylation sites is 1. The van der Waals surface area contributed by atoms with E-state index in [2.05, 4.69) is 26.0 Å². The van der Waals surface area contributed by atoms with Gasteiger partial charge in [0.05, 0.1) is 45.3 Å². The zero-order valence-corrected chi connectivity index (χ0v) is 23.7. The lowest BCUT2D eigenvalue weighted by Gasteiger charge is -2.26. The monoisotopic (exact) mass is 659 g/mol. The van der Waals surface area contributed by atoms with Gasteiger partial charge in [0.25, 0.3) is 11.5 Å². The summed E-state index contributed by atoms with van der Waals surface area (Å²) < 4.78 is 52.0. The number of amides is 1. The molecule has 222 valence electrons. The number of nitro benzene ring substituents is 1. The summed E-state index contributed by atoms with van der Waals surface area (Å²) >= 11 is 3.24. The number of hydrogen-bond acceptors (Lipinski definition) is 8. The maximum Gasteiger partial charge on any atom is 0.416 e. The van der Waals surface area contributed by atoms with Crippen LogP contribution in [0.25, 0.3) is 22.3 Å². The summed E-state index contributed by atoms with van der Waals surface area (Å²) in [6.07, 6.45) is -3.50. The lowest BCUT2D eigenvalue weighted by atomic mass is 10.1. The highest BCUT2D eigenvalue weighted by atomic mass is 79.9. The zero-order chi connectivity index (χ0) is 30.7. The van der Waals surface area contributed by atoms with Crippen molar-refractivity contribution < 1.29 is 32.4 Å². The van der Waals surface area contributed by atoms with Gasteiger partial charge >= 0.3 is 11.9 Å². The van der Waals surface area contributed by atoms with Gasteiger partial charge in [0.2, 0.25) is 5.75 Å². The first kappa shape index (κ1) is 29.8. The Kier molecular flexibility index (Phi) is 8.54. The smallest absolute Gasteiger partial charge is 0.416 e. The van der Waals surface area contributed by atoms with Crippen LogP contribution in [0.15, 0.2) is 75.0 Å². The van der Waals surface area contributed by atoms with Crippen LogP contribution in [0.4, 0.5) is 18.9 Å². The quantitative estimate of drug-likeness (QED) is 0.157. The van der Waals surface area contributed by atoms with E-state index in [4.69, 9.17) is 9.47 Å². The number of nitrogens with zero attached hydrogens (tertiary/aromatic N) is 5. The molecule has 11 nitrogen and oxygen atoms in total. The standard InChI is InChI=1S/C28H21BrF3N5O6/c29-21-12-17(13-23(37(40)41)25(21)43-16-24(38)35-8-10-42-11-9-35)15-33-36-26(18-4-3-5-19(14-18)28(30,31)32)34-22-7-2-1-6-20(22)27(36)39/h1-7,12-15H,8-11,16H2. The van der Waals surface area contributed by atoms with Gasteiger partial charge < -0.3 is 14.4 Å². The van der Waals surface area contributed by atoms with Crippen molar-refractivity contribution in [3.63, 3.8) is 0 Å². The number of halogens is 4. The topological polar surface area (TPSA) is 129 Å². The van der Waals surface area contributed by atoms with Gasteiger partial charge in [-0.25, -0.2) is 4.98 Å². The van der Waals surface area contributed by atoms with Gasteiger partial charge in [0.15, 0.2) is 12.4 Å². The van der Waals surface area contributed by atoms with E-state index < -0.39 is 34.5 Å². The number of nitro groups is 1. The first-order valence-corrected chi connectivity index (χ1v) is 13.5. The molecule has 0 radical (unpaired) electrons. The largest absolute Gasteiger partial charge is 0.476 e. The van der Waals surface area contributed by atoms with Crippen molar-refractivity contribution in [2.24, 2.45) is 5.10 Å². The van der Waals surface area contributed by atoms with Crippen molar-refractivity contribution in [2.75, 3.05) is 32.9 Å². The van der Waals surface area contributed by atoms with E-state index in [1.54, 1.807) is 18.2 Å². The number of hydrogen-bond donors (Lipinski definition) is 0. The Morgan fingerprint density at radius 3 is 2.60 bits per heavy atom. The van der Waals surface area contributed by atoms with E-state index in [1.165, 1.54) is 29.2 Å². The van der Waals surface area contributed by atoms with Crippen molar-refractivity contribution in [2.45, 2.75) is 6.18 Å². The Morgan fingerprint density at radius 2 is 1.88 bits per heavy atom. The van der Waals surface area contributed by atoms with Crippen LogP contribution >= 0.6 is 15.9 Å². The SMILES string of the molecule is O=C(COc1c(Br)cc(C=Nn2c(-c3cccc(C(F)(F)F)c3)nc3ccccc3c2=O)cc1[N+](=O)[O-])N1CCOCC1. The number of aromatic nitrogens is 2. The second-order valence-electron chi connectivity index (χ2n) is 9.28. The Bertz CT molecular complexity index is 1800. The molecule has 15 heteroatoms. The molecule has 0 unspecified atom stereocenters. The zero-order valence-electron chi connectivity index (χ0n) is 22.1. The Hall–Kier alpha value is -4.63. The molecule has 0 aliphatic carbocycles. The predicted octanol–water partition coefficient (Wildman–Crippen LogP) is 4.87. The average molecular weight is 660 g/mol. The van der Waals surface area contributed by atoms with Gasteiger partial charge in [-0.3, -0.25) is 19.7 Å². The van der Waals surface area contributed by atoms with Gasteiger partial charge in [-0.1, -0.05) is 24.3 Å². The molecule has 1 aliphatic rings. The lowest BCUT2D eigenvalue weighted by molar-refractivity contribution is -0.385. The summed E-state index contributed by atoms with van der Waals surface area (Å²) in [6, 6.07) is 13.1. The van der Waals surface area contributed by atoms with Gasteiger partial charge in [-0.05, 0) is 46.3 Å². The van der Waals surface area contributed by atoms with Crippen molar-refractivity contribution in [1.82, 2.24) is 14.6 Å². The first-order chi connectivity index (χ1) is 20.5. The van der Waals surface area contributed by atoms with Crippen LogP contribution in [0.3, 0.4) is 0 Å². The molecule has 0 bridgehead atoms. The third kappa shape index (κ3) is 6.57. The molecule has 3 aromatic carbocycles. The molecule has 43 heavy (non-hydrogen) atoms. The summed E-state index contributed by atoms with van der Waals surface area (Å²) in [5.41, 5.74) is -1.70. The molecular formula is C28H21BrF3N5O6. The second-order valence-corrected chi connectivity index (χ2v) is 10.1. The number of benzene rings is 3. The minimum atomic E-state index is -4.64. The number of rotatable bonds is 7. The maximum absolute atomic E-state index is 13.4. The minimum Gasteiger partial charge on any atom is -0.476 e. The molecule has 1 amide bonds.